The van der Waals surface area contributed by atoms with Crippen molar-refractivity contribution >= 4 is 17.0 Å². The van der Waals surface area contributed by atoms with Crippen LogP contribution in [0.2, 0.25) is 0 Å². The topological polar surface area (TPSA) is 12.4 Å². The largest absolute Gasteiger partial charge is 0.257 e. The number of benzene rings is 1. The third-order valence-corrected chi connectivity index (χ3v) is 3.47. The third-order valence-electron chi connectivity index (χ3n) is 3.47. The first-order valence-corrected chi connectivity index (χ1v) is 6.60. The molecule has 1 aliphatic carbocycles. The van der Waals surface area contributed by atoms with Gasteiger partial charge in [0.2, 0.25) is 0 Å². The molecule has 2 rings (SSSR count). The second-order valence-electron chi connectivity index (χ2n) is 4.73. The summed E-state index contributed by atoms with van der Waals surface area (Å²) in [5.41, 5.74) is 5.10. The highest BCUT2D eigenvalue weighted by Crippen LogP contribution is 2.28. The average molecular weight is 227 g/mol. The molecule has 0 N–H and O–H groups in total. The molecule has 0 saturated heterocycles. The molecule has 1 fully saturated rings. The third kappa shape index (κ3) is 3.06. The standard InChI is InChI=1S/C16H21N/c1-3-13(2)15-11-7-8-12-16(15)17-14-9-5-4-6-10-14/h3,7-8,11-12H,4-6,9-10H2,1-2H3. The predicted molar refractivity (Wildman–Crippen MR) is 75.9 cm³/mol. The van der Waals surface area contributed by atoms with Gasteiger partial charge >= 0.3 is 0 Å². The molecule has 1 aliphatic rings. The Morgan fingerprint density at radius 1 is 1.12 bits per heavy atom. The second kappa shape index (κ2) is 5.81. The van der Waals surface area contributed by atoms with Crippen LogP contribution in [0, 0.1) is 0 Å². The second-order valence-corrected chi connectivity index (χ2v) is 4.73. The molecule has 90 valence electrons. The lowest BCUT2D eigenvalue weighted by Crippen LogP contribution is -2.04. The van der Waals surface area contributed by atoms with Crippen LogP contribution in [0.3, 0.4) is 0 Å². The summed E-state index contributed by atoms with van der Waals surface area (Å²) in [6.45, 7) is 4.24. The van der Waals surface area contributed by atoms with Crippen LogP contribution >= 0.6 is 0 Å². The molecule has 0 amide bonds. The van der Waals surface area contributed by atoms with Gasteiger partial charge in [0.05, 0.1) is 5.69 Å². The first kappa shape index (κ1) is 12.1. The van der Waals surface area contributed by atoms with Crippen molar-refractivity contribution in [3.8, 4) is 0 Å². The Morgan fingerprint density at radius 2 is 1.82 bits per heavy atom. The number of hydrogen-bond donors (Lipinski definition) is 0. The molecule has 0 aromatic heterocycles. The fourth-order valence-electron chi connectivity index (χ4n) is 2.30. The zero-order valence-electron chi connectivity index (χ0n) is 10.9. The van der Waals surface area contributed by atoms with E-state index in [-0.39, 0.29) is 0 Å². The molecule has 0 unspecified atom stereocenters. The summed E-state index contributed by atoms with van der Waals surface area (Å²) in [6.07, 6.45) is 8.51. The van der Waals surface area contributed by atoms with Crippen LogP contribution in [-0.4, -0.2) is 5.71 Å². The SMILES string of the molecule is CC=C(C)c1ccccc1N=C1CCCCC1. The molecule has 0 aliphatic heterocycles. The summed E-state index contributed by atoms with van der Waals surface area (Å²) in [5.74, 6) is 0. The van der Waals surface area contributed by atoms with E-state index in [1.54, 1.807) is 0 Å². The van der Waals surface area contributed by atoms with Crippen molar-refractivity contribution in [3.63, 3.8) is 0 Å². The van der Waals surface area contributed by atoms with Crippen LogP contribution in [0.5, 0.6) is 0 Å². The van der Waals surface area contributed by atoms with Gasteiger partial charge < -0.3 is 0 Å². The van der Waals surface area contributed by atoms with Crippen molar-refractivity contribution in [3.05, 3.63) is 35.9 Å². The van der Waals surface area contributed by atoms with Gasteiger partial charge in [-0.05, 0) is 51.2 Å². The van der Waals surface area contributed by atoms with E-state index in [1.807, 2.05) is 0 Å². The monoisotopic (exact) mass is 227 g/mol. The zero-order chi connectivity index (χ0) is 12.1. The van der Waals surface area contributed by atoms with Crippen LogP contribution in [0.15, 0.2) is 35.3 Å². The quantitative estimate of drug-likeness (QED) is 0.662. The molecule has 1 nitrogen and oxygen atoms in total. The van der Waals surface area contributed by atoms with Crippen LogP contribution in [0.4, 0.5) is 5.69 Å². The van der Waals surface area contributed by atoms with Crippen molar-refractivity contribution in [2.45, 2.75) is 46.0 Å². The summed E-state index contributed by atoms with van der Waals surface area (Å²) in [5, 5.41) is 0. The molecule has 1 saturated carbocycles. The highest BCUT2D eigenvalue weighted by molar-refractivity contribution is 5.89. The van der Waals surface area contributed by atoms with E-state index in [2.05, 4.69) is 44.2 Å². The number of aliphatic imine (C=N–C) groups is 1. The summed E-state index contributed by atoms with van der Waals surface area (Å²) in [4.78, 5) is 4.86. The Labute approximate surface area is 104 Å². The Bertz CT molecular complexity index is 433. The van der Waals surface area contributed by atoms with Gasteiger partial charge in [-0.3, -0.25) is 4.99 Å². The Hall–Kier alpha value is -1.37. The maximum atomic E-state index is 4.86. The highest BCUT2D eigenvalue weighted by Gasteiger charge is 2.08. The van der Waals surface area contributed by atoms with Crippen molar-refractivity contribution in [2.24, 2.45) is 4.99 Å². The van der Waals surface area contributed by atoms with E-state index >= 15 is 0 Å². The fourth-order valence-corrected chi connectivity index (χ4v) is 2.30. The number of rotatable bonds is 2. The molecule has 0 heterocycles. The summed E-state index contributed by atoms with van der Waals surface area (Å²) in [7, 11) is 0. The molecule has 0 atom stereocenters. The Balaban J connectivity index is 2.31. The molecule has 0 radical (unpaired) electrons. The van der Waals surface area contributed by atoms with E-state index in [0.29, 0.717) is 0 Å². The Kier molecular flexibility index (Phi) is 4.13. The van der Waals surface area contributed by atoms with Gasteiger partial charge in [-0.25, -0.2) is 0 Å². The van der Waals surface area contributed by atoms with Gasteiger partial charge in [-0.1, -0.05) is 30.7 Å². The number of nitrogens with zero attached hydrogens (tertiary/aromatic N) is 1. The normalized spacial score (nSPS) is 17.1. The fraction of sp³-hybridized carbons (Fsp3) is 0.438. The predicted octanol–water partition coefficient (Wildman–Crippen LogP) is 5.15. The lowest BCUT2D eigenvalue weighted by Gasteiger charge is -2.13. The molecule has 17 heavy (non-hydrogen) atoms. The number of hydrogen-bond acceptors (Lipinski definition) is 1. The minimum absolute atomic E-state index is 1.14. The summed E-state index contributed by atoms with van der Waals surface area (Å²) < 4.78 is 0. The maximum Gasteiger partial charge on any atom is 0.0703 e. The van der Waals surface area contributed by atoms with Crippen molar-refractivity contribution in [2.75, 3.05) is 0 Å². The van der Waals surface area contributed by atoms with E-state index < -0.39 is 0 Å². The van der Waals surface area contributed by atoms with Gasteiger partial charge in [0, 0.05) is 11.3 Å². The zero-order valence-corrected chi connectivity index (χ0v) is 10.9. The highest BCUT2D eigenvalue weighted by atomic mass is 14.8. The molecule has 0 spiro atoms. The molecular weight excluding hydrogens is 206 g/mol. The number of allylic oxidation sites excluding steroid dienone is 2. The van der Waals surface area contributed by atoms with E-state index in [9.17, 15) is 0 Å². The van der Waals surface area contributed by atoms with Crippen LogP contribution in [0.1, 0.15) is 51.5 Å². The van der Waals surface area contributed by atoms with Gasteiger partial charge in [-0.2, -0.15) is 0 Å². The van der Waals surface area contributed by atoms with Crippen LogP contribution < -0.4 is 0 Å². The first-order valence-electron chi connectivity index (χ1n) is 6.60. The first-order chi connectivity index (χ1) is 8.31. The van der Waals surface area contributed by atoms with Gasteiger partial charge in [0.1, 0.15) is 0 Å². The van der Waals surface area contributed by atoms with Gasteiger partial charge in [0.15, 0.2) is 0 Å². The molecular formula is C16H21N. The van der Waals surface area contributed by atoms with Gasteiger partial charge in [-0.15, -0.1) is 0 Å². The smallest absolute Gasteiger partial charge is 0.0703 e. The van der Waals surface area contributed by atoms with E-state index in [4.69, 9.17) is 4.99 Å². The minimum Gasteiger partial charge on any atom is -0.257 e. The maximum absolute atomic E-state index is 4.86. The van der Waals surface area contributed by atoms with E-state index in [1.165, 1.54) is 49.0 Å². The minimum atomic E-state index is 1.14. The molecule has 0 bridgehead atoms. The molecule has 1 aromatic rings. The van der Waals surface area contributed by atoms with Crippen LogP contribution in [0.25, 0.3) is 5.57 Å². The molecule has 1 aromatic carbocycles. The van der Waals surface area contributed by atoms with E-state index in [0.717, 1.165) is 5.69 Å². The van der Waals surface area contributed by atoms with Crippen molar-refractivity contribution in [1.29, 1.82) is 0 Å². The number of para-hydroxylation sites is 1. The Morgan fingerprint density at radius 3 is 2.53 bits per heavy atom. The lowest BCUT2D eigenvalue weighted by molar-refractivity contribution is 0.667. The molecule has 1 heteroatoms. The van der Waals surface area contributed by atoms with Crippen LogP contribution in [-0.2, 0) is 0 Å². The average Bonchev–Trinajstić information content (AvgIpc) is 2.40. The van der Waals surface area contributed by atoms with Crippen molar-refractivity contribution < 1.29 is 0 Å². The summed E-state index contributed by atoms with van der Waals surface area (Å²) in [6, 6.07) is 8.46. The van der Waals surface area contributed by atoms with Crippen molar-refractivity contribution in [1.82, 2.24) is 0 Å². The lowest BCUT2D eigenvalue weighted by atomic mass is 9.98. The van der Waals surface area contributed by atoms with Gasteiger partial charge in [0.25, 0.3) is 0 Å². The summed E-state index contributed by atoms with van der Waals surface area (Å²) >= 11 is 0.